The van der Waals surface area contributed by atoms with Gasteiger partial charge in [-0.1, -0.05) is 30.3 Å². The molecule has 0 radical (unpaired) electrons. The van der Waals surface area contributed by atoms with Crippen LogP contribution >= 0.6 is 0 Å². The summed E-state index contributed by atoms with van der Waals surface area (Å²) < 4.78 is 37.1. The number of aromatic nitrogens is 1. The standard InChI is InChI=1S/C23H25N3O3.C2HF3O2/c1-17-9-10-20(21(25-17)24-16-19-8-5-15-29-19)22(27)26-13-11-23(28,12-14-26)18-6-3-2-4-7-18;3-2(4,5)1(6)7/h2-10,15,28H,11-14,16H2,1H3,(H,24,25);(H,6,7). The van der Waals surface area contributed by atoms with Crippen molar-refractivity contribution in [2.75, 3.05) is 18.4 Å². The Morgan fingerprint density at radius 2 is 1.72 bits per heavy atom. The van der Waals surface area contributed by atoms with Crippen LogP contribution in [0.3, 0.4) is 0 Å². The van der Waals surface area contributed by atoms with E-state index in [0.717, 1.165) is 17.0 Å². The first-order valence-electron chi connectivity index (χ1n) is 11.1. The highest BCUT2D eigenvalue weighted by atomic mass is 19.4. The number of aliphatic hydroxyl groups is 1. The maximum absolute atomic E-state index is 13.2. The normalized spacial score (nSPS) is 15.0. The highest BCUT2D eigenvalue weighted by molar-refractivity contribution is 5.98. The fraction of sp³-hybridized carbons (Fsp3) is 0.320. The van der Waals surface area contributed by atoms with Gasteiger partial charge in [0, 0.05) is 18.8 Å². The molecule has 1 amide bonds. The molecule has 1 aliphatic heterocycles. The third-order valence-corrected chi connectivity index (χ3v) is 5.71. The van der Waals surface area contributed by atoms with Crippen LogP contribution < -0.4 is 5.32 Å². The number of piperidine rings is 1. The van der Waals surface area contributed by atoms with Crippen LogP contribution in [0.5, 0.6) is 0 Å². The Bertz CT molecular complexity index is 1160. The van der Waals surface area contributed by atoms with E-state index in [0.29, 0.717) is 43.9 Å². The first kappa shape index (κ1) is 26.7. The number of alkyl halides is 3. The van der Waals surface area contributed by atoms with E-state index in [-0.39, 0.29) is 5.91 Å². The van der Waals surface area contributed by atoms with Gasteiger partial charge in [-0.3, -0.25) is 4.79 Å². The maximum Gasteiger partial charge on any atom is 0.490 e. The molecule has 1 aliphatic rings. The summed E-state index contributed by atoms with van der Waals surface area (Å²) in [5, 5.41) is 21.4. The zero-order chi connectivity index (χ0) is 26.3. The minimum atomic E-state index is -5.08. The highest BCUT2D eigenvalue weighted by Gasteiger charge is 2.38. The molecule has 36 heavy (non-hydrogen) atoms. The summed E-state index contributed by atoms with van der Waals surface area (Å²) in [5.74, 6) is -1.50. The Labute approximate surface area is 205 Å². The Kier molecular flexibility index (Phi) is 8.36. The van der Waals surface area contributed by atoms with Gasteiger partial charge in [0.15, 0.2) is 0 Å². The largest absolute Gasteiger partial charge is 0.490 e. The number of carbonyl (C=O) groups is 2. The summed E-state index contributed by atoms with van der Waals surface area (Å²) in [7, 11) is 0. The van der Waals surface area contributed by atoms with Gasteiger partial charge in [-0.2, -0.15) is 13.2 Å². The number of furan rings is 1. The molecule has 192 valence electrons. The average Bonchev–Trinajstić information content (AvgIpc) is 3.37. The monoisotopic (exact) mass is 505 g/mol. The van der Waals surface area contributed by atoms with Crippen LogP contribution in [0.4, 0.5) is 19.0 Å². The molecule has 2 aromatic heterocycles. The smallest absolute Gasteiger partial charge is 0.475 e. The van der Waals surface area contributed by atoms with Gasteiger partial charge >= 0.3 is 12.1 Å². The number of pyridine rings is 1. The highest BCUT2D eigenvalue weighted by Crippen LogP contribution is 2.33. The average molecular weight is 505 g/mol. The van der Waals surface area contributed by atoms with Gasteiger partial charge in [0.05, 0.1) is 24.0 Å². The molecule has 11 heteroatoms. The van der Waals surface area contributed by atoms with Crippen molar-refractivity contribution in [3.05, 3.63) is 83.4 Å². The second-order valence-electron chi connectivity index (χ2n) is 8.27. The van der Waals surface area contributed by atoms with E-state index in [1.54, 1.807) is 11.2 Å². The fourth-order valence-corrected chi connectivity index (χ4v) is 3.74. The first-order chi connectivity index (χ1) is 17.0. The number of hydrogen-bond donors (Lipinski definition) is 3. The molecule has 3 heterocycles. The number of carboxylic acids is 1. The Balaban J connectivity index is 0.000000454. The van der Waals surface area contributed by atoms with E-state index < -0.39 is 17.7 Å². The topological polar surface area (TPSA) is 116 Å². The third-order valence-electron chi connectivity index (χ3n) is 5.71. The molecule has 8 nitrogen and oxygen atoms in total. The molecule has 3 aromatic rings. The summed E-state index contributed by atoms with van der Waals surface area (Å²) in [4.78, 5) is 28.4. The molecule has 0 aliphatic carbocycles. The number of rotatable bonds is 5. The molecule has 3 N–H and O–H groups in total. The number of hydrogen-bond acceptors (Lipinski definition) is 6. The number of likely N-dealkylation sites (tertiary alicyclic amines) is 1. The lowest BCUT2D eigenvalue weighted by molar-refractivity contribution is -0.192. The number of aryl methyl sites for hydroxylation is 1. The number of carboxylic acid groups (broad SMARTS) is 1. The number of halogens is 3. The van der Waals surface area contributed by atoms with Crippen molar-refractivity contribution in [1.29, 1.82) is 0 Å². The van der Waals surface area contributed by atoms with E-state index in [1.807, 2.05) is 61.5 Å². The predicted molar refractivity (Wildman–Crippen MR) is 124 cm³/mol. The maximum atomic E-state index is 13.2. The summed E-state index contributed by atoms with van der Waals surface area (Å²) in [6, 6.07) is 17.0. The number of nitrogens with zero attached hydrogens (tertiary/aromatic N) is 2. The van der Waals surface area contributed by atoms with Crippen molar-refractivity contribution in [3.63, 3.8) is 0 Å². The lowest BCUT2D eigenvalue weighted by Gasteiger charge is -2.38. The predicted octanol–water partition coefficient (Wildman–Crippen LogP) is 4.35. The van der Waals surface area contributed by atoms with Gasteiger partial charge in [-0.15, -0.1) is 0 Å². The molecule has 4 rings (SSSR count). The lowest BCUT2D eigenvalue weighted by atomic mass is 9.84. The lowest BCUT2D eigenvalue weighted by Crippen LogP contribution is -2.45. The van der Waals surface area contributed by atoms with Crippen LogP contribution in [0.15, 0.2) is 65.3 Å². The van der Waals surface area contributed by atoms with Crippen molar-refractivity contribution >= 4 is 17.7 Å². The first-order valence-corrected chi connectivity index (χ1v) is 11.1. The molecule has 1 saturated heterocycles. The van der Waals surface area contributed by atoms with Crippen molar-refractivity contribution in [1.82, 2.24) is 9.88 Å². The second kappa shape index (κ2) is 11.3. The Morgan fingerprint density at radius 1 is 1.08 bits per heavy atom. The minimum absolute atomic E-state index is 0.0745. The molecule has 0 spiro atoms. The number of nitrogens with one attached hydrogen (secondary N) is 1. The summed E-state index contributed by atoms with van der Waals surface area (Å²) in [5.41, 5.74) is 1.39. The van der Waals surface area contributed by atoms with Gasteiger partial charge in [0.25, 0.3) is 5.91 Å². The van der Waals surface area contributed by atoms with Crippen LogP contribution in [-0.2, 0) is 16.9 Å². The van der Waals surface area contributed by atoms with Gasteiger partial charge in [0.1, 0.15) is 11.6 Å². The minimum Gasteiger partial charge on any atom is -0.475 e. The zero-order valence-corrected chi connectivity index (χ0v) is 19.5. The molecule has 1 fully saturated rings. The second-order valence-corrected chi connectivity index (χ2v) is 8.27. The number of aliphatic carboxylic acids is 1. The van der Waals surface area contributed by atoms with E-state index in [2.05, 4.69) is 10.3 Å². The van der Waals surface area contributed by atoms with E-state index in [9.17, 15) is 23.1 Å². The molecule has 0 bridgehead atoms. The Morgan fingerprint density at radius 3 is 2.28 bits per heavy atom. The summed E-state index contributed by atoms with van der Waals surface area (Å²) in [6.07, 6.45) is -2.44. The third kappa shape index (κ3) is 6.85. The number of benzene rings is 1. The SMILES string of the molecule is Cc1ccc(C(=O)N2CCC(O)(c3ccccc3)CC2)c(NCc2ccco2)n1.O=C(O)C(F)(F)F. The fourth-order valence-electron chi connectivity index (χ4n) is 3.74. The molecule has 0 atom stereocenters. The summed E-state index contributed by atoms with van der Waals surface area (Å²) >= 11 is 0. The molecular weight excluding hydrogens is 479 g/mol. The molecule has 0 unspecified atom stereocenters. The van der Waals surface area contributed by atoms with Crippen LogP contribution in [0.2, 0.25) is 0 Å². The van der Waals surface area contributed by atoms with Crippen LogP contribution in [-0.4, -0.2) is 51.2 Å². The van der Waals surface area contributed by atoms with E-state index >= 15 is 0 Å². The van der Waals surface area contributed by atoms with Crippen LogP contribution in [0.25, 0.3) is 0 Å². The van der Waals surface area contributed by atoms with Crippen LogP contribution in [0.1, 0.15) is 40.2 Å². The number of anilines is 1. The number of amides is 1. The summed E-state index contributed by atoms with van der Waals surface area (Å²) in [6.45, 7) is 3.34. The van der Waals surface area contributed by atoms with E-state index in [4.69, 9.17) is 14.3 Å². The molecule has 0 saturated carbocycles. The van der Waals surface area contributed by atoms with Crippen molar-refractivity contribution in [3.8, 4) is 0 Å². The quantitative estimate of drug-likeness (QED) is 0.472. The van der Waals surface area contributed by atoms with E-state index in [1.165, 1.54) is 0 Å². The van der Waals surface area contributed by atoms with Gasteiger partial charge in [-0.25, -0.2) is 9.78 Å². The van der Waals surface area contributed by atoms with Gasteiger partial charge < -0.3 is 24.8 Å². The number of carbonyl (C=O) groups excluding carboxylic acids is 1. The Hall–Kier alpha value is -3.86. The zero-order valence-electron chi connectivity index (χ0n) is 19.5. The van der Waals surface area contributed by atoms with Crippen molar-refractivity contribution in [2.24, 2.45) is 0 Å². The van der Waals surface area contributed by atoms with Crippen molar-refractivity contribution in [2.45, 2.75) is 38.1 Å². The van der Waals surface area contributed by atoms with Crippen LogP contribution in [0, 0.1) is 6.92 Å². The molecule has 1 aromatic carbocycles. The van der Waals surface area contributed by atoms with Gasteiger partial charge in [-0.05, 0) is 49.6 Å². The van der Waals surface area contributed by atoms with Gasteiger partial charge in [0.2, 0.25) is 0 Å². The molecular formula is C25H26F3N3O5. The van der Waals surface area contributed by atoms with Crippen molar-refractivity contribution < 1.29 is 37.4 Å².